The predicted octanol–water partition coefficient (Wildman–Crippen LogP) is 0.503. The van der Waals surface area contributed by atoms with Crippen molar-refractivity contribution in [2.45, 2.75) is 24.9 Å². The van der Waals surface area contributed by atoms with E-state index in [9.17, 15) is 22.8 Å². The fourth-order valence-corrected chi connectivity index (χ4v) is 5.23. The Balaban J connectivity index is 1.49. The summed E-state index contributed by atoms with van der Waals surface area (Å²) >= 11 is 0. The number of carbonyl (C=O) groups is 3. The van der Waals surface area contributed by atoms with Gasteiger partial charge in [0.05, 0.1) is 11.5 Å². The average Bonchev–Trinajstić information content (AvgIpc) is 3.26. The van der Waals surface area contributed by atoms with Crippen LogP contribution in [0.1, 0.15) is 19.1 Å². The number of benzene rings is 1. The lowest BCUT2D eigenvalue weighted by Gasteiger charge is -2.19. The summed E-state index contributed by atoms with van der Waals surface area (Å²) in [7, 11) is -3.14. The summed E-state index contributed by atoms with van der Waals surface area (Å²) in [5.41, 5.74) is -0.841. The lowest BCUT2D eigenvalue weighted by atomic mass is 9.99. The van der Waals surface area contributed by atoms with Crippen LogP contribution < -0.4 is 10.6 Å². The zero-order chi connectivity index (χ0) is 20.1. The van der Waals surface area contributed by atoms with Gasteiger partial charge in [0, 0.05) is 11.4 Å². The van der Waals surface area contributed by atoms with Crippen LogP contribution in [0.3, 0.4) is 0 Å². The van der Waals surface area contributed by atoms with Crippen LogP contribution in [-0.2, 0) is 25.0 Å². The number of imide groups is 1. The molecule has 2 aromatic rings. The summed E-state index contributed by atoms with van der Waals surface area (Å²) in [5.74, 6) is -1.03. The highest BCUT2D eigenvalue weighted by atomic mass is 32.2. The Hall–Kier alpha value is -2.88. The molecule has 3 heterocycles. The maximum absolute atomic E-state index is 12.9. The summed E-state index contributed by atoms with van der Waals surface area (Å²) in [6.45, 7) is 1.03. The van der Waals surface area contributed by atoms with E-state index in [0.717, 1.165) is 10.3 Å². The molecule has 2 fully saturated rings. The molecule has 148 valence electrons. The maximum Gasteiger partial charge on any atom is 0.325 e. The second kappa shape index (κ2) is 6.33. The summed E-state index contributed by atoms with van der Waals surface area (Å²) in [5, 5.41) is 5.95. The first-order valence-electron chi connectivity index (χ1n) is 8.81. The van der Waals surface area contributed by atoms with Crippen LogP contribution in [0.15, 0.2) is 34.7 Å². The van der Waals surface area contributed by atoms with Gasteiger partial charge in [0.1, 0.15) is 17.9 Å². The number of hydrogen-bond donors (Lipinski definition) is 2. The van der Waals surface area contributed by atoms with Crippen LogP contribution in [0.2, 0.25) is 0 Å². The van der Waals surface area contributed by atoms with E-state index in [1.807, 2.05) is 12.1 Å². The lowest BCUT2D eigenvalue weighted by Crippen LogP contribution is -2.45. The number of amides is 4. The van der Waals surface area contributed by atoms with Crippen LogP contribution in [0, 0.1) is 0 Å². The minimum Gasteiger partial charge on any atom is -0.458 e. The van der Waals surface area contributed by atoms with Gasteiger partial charge in [-0.2, -0.15) is 0 Å². The average molecular weight is 405 g/mol. The first-order chi connectivity index (χ1) is 13.2. The van der Waals surface area contributed by atoms with E-state index in [0.29, 0.717) is 12.0 Å². The van der Waals surface area contributed by atoms with Gasteiger partial charge < -0.3 is 15.1 Å². The van der Waals surface area contributed by atoms with Crippen LogP contribution in [0.4, 0.5) is 4.79 Å². The van der Waals surface area contributed by atoms with Gasteiger partial charge in [-0.3, -0.25) is 14.5 Å². The van der Waals surface area contributed by atoms with Crippen molar-refractivity contribution in [1.82, 2.24) is 15.5 Å². The number of carbonyl (C=O) groups excluding carboxylic acids is 3. The SMILES string of the molecule is CC1(c2cc3ccccc3o2)NC(=O)N(CC(=O)NC2CCS(=O)(=O)C2)C1=O. The summed E-state index contributed by atoms with van der Waals surface area (Å²) in [6.07, 6.45) is 0.324. The van der Waals surface area contributed by atoms with Gasteiger partial charge in [-0.1, -0.05) is 18.2 Å². The largest absolute Gasteiger partial charge is 0.458 e. The molecule has 2 aliphatic rings. The zero-order valence-electron chi connectivity index (χ0n) is 15.1. The minimum atomic E-state index is -3.14. The number of furan rings is 1. The van der Waals surface area contributed by atoms with Crippen LogP contribution in [0.5, 0.6) is 0 Å². The molecule has 0 radical (unpaired) electrons. The molecule has 0 bridgehead atoms. The van der Waals surface area contributed by atoms with E-state index in [2.05, 4.69) is 10.6 Å². The summed E-state index contributed by atoms with van der Waals surface area (Å²) < 4.78 is 28.7. The van der Waals surface area contributed by atoms with Gasteiger partial charge >= 0.3 is 6.03 Å². The fourth-order valence-electron chi connectivity index (χ4n) is 3.56. The molecule has 2 atom stereocenters. The molecule has 2 saturated heterocycles. The lowest BCUT2D eigenvalue weighted by molar-refractivity contribution is -0.135. The second-order valence-corrected chi connectivity index (χ2v) is 9.49. The van der Waals surface area contributed by atoms with Gasteiger partial charge in [-0.15, -0.1) is 0 Å². The van der Waals surface area contributed by atoms with E-state index < -0.39 is 45.8 Å². The molecule has 0 aliphatic carbocycles. The Morgan fingerprint density at radius 3 is 2.79 bits per heavy atom. The van der Waals surface area contributed by atoms with Crippen molar-refractivity contribution >= 4 is 38.7 Å². The Morgan fingerprint density at radius 2 is 2.11 bits per heavy atom. The molecule has 0 saturated carbocycles. The van der Waals surface area contributed by atoms with Gasteiger partial charge in [-0.25, -0.2) is 13.2 Å². The van der Waals surface area contributed by atoms with Crippen LogP contribution in [0.25, 0.3) is 11.0 Å². The number of hydrogen-bond acceptors (Lipinski definition) is 6. The number of urea groups is 1. The third-order valence-electron chi connectivity index (χ3n) is 5.09. The first-order valence-corrected chi connectivity index (χ1v) is 10.6. The third-order valence-corrected chi connectivity index (χ3v) is 6.86. The smallest absolute Gasteiger partial charge is 0.325 e. The van der Waals surface area contributed by atoms with Crippen molar-refractivity contribution < 1.29 is 27.2 Å². The van der Waals surface area contributed by atoms with Crippen molar-refractivity contribution in [2.24, 2.45) is 0 Å². The molecule has 0 spiro atoms. The Labute approximate surface area is 161 Å². The topological polar surface area (TPSA) is 126 Å². The molecule has 2 unspecified atom stereocenters. The van der Waals surface area contributed by atoms with Gasteiger partial charge in [-0.05, 0) is 25.5 Å². The quantitative estimate of drug-likeness (QED) is 0.714. The van der Waals surface area contributed by atoms with Crippen LogP contribution >= 0.6 is 0 Å². The molecular weight excluding hydrogens is 386 g/mol. The summed E-state index contributed by atoms with van der Waals surface area (Å²) in [4.78, 5) is 38.3. The van der Waals surface area contributed by atoms with Crippen molar-refractivity contribution in [2.75, 3.05) is 18.1 Å². The monoisotopic (exact) mass is 405 g/mol. The Morgan fingerprint density at radius 1 is 1.36 bits per heavy atom. The number of rotatable bonds is 4. The number of fused-ring (bicyclic) bond motifs is 1. The van der Waals surface area contributed by atoms with E-state index in [4.69, 9.17) is 4.42 Å². The highest BCUT2D eigenvalue weighted by Crippen LogP contribution is 2.32. The zero-order valence-corrected chi connectivity index (χ0v) is 15.9. The fraction of sp³-hybridized carbons (Fsp3) is 0.389. The highest BCUT2D eigenvalue weighted by molar-refractivity contribution is 7.91. The maximum atomic E-state index is 12.9. The van der Waals surface area contributed by atoms with E-state index >= 15 is 0 Å². The number of nitrogens with one attached hydrogen (secondary N) is 2. The third kappa shape index (κ3) is 3.13. The molecule has 4 rings (SSSR count). The standard InChI is InChI=1S/C18H19N3O6S/c1-18(14-8-11-4-2-3-5-13(11)27-14)16(23)21(17(24)20-18)9-15(22)19-12-6-7-28(25,26)10-12/h2-5,8,12H,6-7,9-10H2,1H3,(H,19,22)(H,20,24). The van der Waals surface area contributed by atoms with E-state index in [1.54, 1.807) is 18.2 Å². The normalized spacial score (nSPS) is 26.6. The molecule has 10 heteroatoms. The molecular formula is C18H19N3O6S. The predicted molar refractivity (Wildman–Crippen MR) is 99.0 cm³/mol. The summed E-state index contributed by atoms with van der Waals surface area (Å²) in [6, 6.07) is 7.69. The van der Waals surface area contributed by atoms with Gasteiger partial charge in [0.15, 0.2) is 15.4 Å². The van der Waals surface area contributed by atoms with Gasteiger partial charge in [0.2, 0.25) is 5.91 Å². The van der Waals surface area contributed by atoms with Crippen molar-refractivity contribution in [3.05, 3.63) is 36.1 Å². The first kappa shape index (κ1) is 18.5. The van der Waals surface area contributed by atoms with E-state index in [1.165, 1.54) is 6.92 Å². The highest BCUT2D eigenvalue weighted by Gasteiger charge is 2.51. The van der Waals surface area contributed by atoms with Crippen molar-refractivity contribution in [1.29, 1.82) is 0 Å². The van der Waals surface area contributed by atoms with Gasteiger partial charge in [0.25, 0.3) is 5.91 Å². The molecule has 28 heavy (non-hydrogen) atoms. The molecule has 1 aromatic heterocycles. The number of para-hydroxylation sites is 1. The molecule has 2 aliphatic heterocycles. The Kier molecular flexibility index (Phi) is 4.18. The number of sulfone groups is 1. The molecule has 1 aromatic carbocycles. The molecule has 2 N–H and O–H groups in total. The molecule has 4 amide bonds. The number of nitrogens with zero attached hydrogens (tertiary/aromatic N) is 1. The minimum absolute atomic E-state index is 0.0190. The molecule has 9 nitrogen and oxygen atoms in total. The van der Waals surface area contributed by atoms with Crippen LogP contribution in [-0.4, -0.2) is 55.3 Å². The van der Waals surface area contributed by atoms with E-state index in [-0.39, 0.29) is 17.3 Å². The Bertz CT molecular complexity index is 1060. The van der Waals surface area contributed by atoms with Crippen molar-refractivity contribution in [3.63, 3.8) is 0 Å². The second-order valence-electron chi connectivity index (χ2n) is 7.26. The van der Waals surface area contributed by atoms with Crippen molar-refractivity contribution in [3.8, 4) is 0 Å².